The van der Waals surface area contributed by atoms with Crippen LogP contribution < -0.4 is 4.90 Å². The van der Waals surface area contributed by atoms with Gasteiger partial charge in [0.2, 0.25) is 5.95 Å². The Morgan fingerprint density at radius 3 is 2.53 bits per heavy atom. The molecule has 0 radical (unpaired) electrons. The average Bonchev–Trinajstić information content (AvgIpc) is 2.75. The van der Waals surface area contributed by atoms with Gasteiger partial charge in [0.05, 0.1) is 12.4 Å². The van der Waals surface area contributed by atoms with Crippen molar-refractivity contribution in [1.82, 2.24) is 19.5 Å². The zero-order valence-electron chi connectivity index (χ0n) is 9.84. The lowest BCUT2D eigenvalue weighted by Crippen LogP contribution is -2.21. The molecule has 6 heteroatoms. The Kier molecular flexibility index (Phi) is 3.58. The van der Waals surface area contributed by atoms with Crippen LogP contribution in [0.25, 0.3) is 0 Å². The van der Waals surface area contributed by atoms with Gasteiger partial charge in [-0.3, -0.25) is 0 Å². The van der Waals surface area contributed by atoms with Gasteiger partial charge in [-0.1, -0.05) is 0 Å². The largest absolute Gasteiger partial charge is 0.337 e. The van der Waals surface area contributed by atoms with Crippen LogP contribution >= 0.6 is 11.6 Å². The minimum atomic E-state index is 0.434. The SMILES string of the molecule is CN(Cc1nccn1C)c1ncc(CCl)cn1. The molecule has 0 unspecified atom stereocenters. The van der Waals surface area contributed by atoms with Crippen molar-refractivity contribution in [3.8, 4) is 0 Å². The molecule has 0 atom stereocenters. The number of imidazole rings is 1. The molecular weight excluding hydrogens is 238 g/mol. The van der Waals surface area contributed by atoms with E-state index < -0.39 is 0 Å². The van der Waals surface area contributed by atoms with Gasteiger partial charge >= 0.3 is 0 Å². The highest BCUT2D eigenvalue weighted by molar-refractivity contribution is 6.17. The molecule has 0 fully saturated rings. The van der Waals surface area contributed by atoms with Crippen molar-refractivity contribution >= 4 is 17.5 Å². The quantitative estimate of drug-likeness (QED) is 0.775. The minimum absolute atomic E-state index is 0.434. The molecule has 2 heterocycles. The zero-order chi connectivity index (χ0) is 12.3. The first-order valence-electron chi connectivity index (χ1n) is 5.25. The van der Waals surface area contributed by atoms with E-state index in [9.17, 15) is 0 Å². The molecule has 2 rings (SSSR count). The number of aromatic nitrogens is 4. The van der Waals surface area contributed by atoms with Crippen LogP contribution in [0.1, 0.15) is 11.4 Å². The van der Waals surface area contributed by atoms with E-state index in [1.54, 1.807) is 18.6 Å². The maximum Gasteiger partial charge on any atom is 0.225 e. The van der Waals surface area contributed by atoms with Crippen LogP contribution in [-0.4, -0.2) is 26.6 Å². The minimum Gasteiger partial charge on any atom is -0.337 e. The van der Waals surface area contributed by atoms with Crippen molar-refractivity contribution in [3.63, 3.8) is 0 Å². The Hall–Kier alpha value is -1.62. The Morgan fingerprint density at radius 2 is 2.00 bits per heavy atom. The zero-order valence-corrected chi connectivity index (χ0v) is 10.6. The number of anilines is 1. The van der Waals surface area contributed by atoms with Crippen LogP contribution in [0, 0.1) is 0 Å². The molecule has 0 aromatic carbocycles. The molecule has 0 amide bonds. The summed E-state index contributed by atoms with van der Waals surface area (Å²) in [4.78, 5) is 14.7. The van der Waals surface area contributed by atoms with Crippen molar-refractivity contribution in [2.75, 3.05) is 11.9 Å². The molecule has 5 nitrogen and oxygen atoms in total. The van der Waals surface area contributed by atoms with Crippen LogP contribution in [0.5, 0.6) is 0 Å². The van der Waals surface area contributed by atoms with Crippen LogP contribution in [0.15, 0.2) is 24.8 Å². The van der Waals surface area contributed by atoms with E-state index in [-0.39, 0.29) is 0 Å². The summed E-state index contributed by atoms with van der Waals surface area (Å²) in [6, 6.07) is 0. The molecule has 17 heavy (non-hydrogen) atoms. The number of alkyl halides is 1. The van der Waals surface area contributed by atoms with Crippen LogP contribution in [-0.2, 0) is 19.5 Å². The molecule has 90 valence electrons. The number of rotatable bonds is 4. The highest BCUT2D eigenvalue weighted by Crippen LogP contribution is 2.09. The lowest BCUT2D eigenvalue weighted by Gasteiger charge is -2.16. The summed E-state index contributed by atoms with van der Waals surface area (Å²) in [5.74, 6) is 2.07. The van der Waals surface area contributed by atoms with Gasteiger partial charge in [0.25, 0.3) is 0 Å². The first kappa shape index (κ1) is 11.9. The summed E-state index contributed by atoms with van der Waals surface area (Å²) in [6.07, 6.45) is 7.18. The normalized spacial score (nSPS) is 10.5. The van der Waals surface area contributed by atoms with Gasteiger partial charge in [0, 0.05) is 44.4 Å². The highest BCUT2D eigenvalue weighted by atomic mass is 35.5. The molecule has 0 saturated carbocycles. The number of nitrogens with zero attached hydrogens (tertiary/aromatic N) is 5. The molecule has 2 aromatic heterocycles. The van der Waals surface area contributed by atoms with E-state index in [4.69, 9.17) is 11.6 Å². The third-order valence-corrected chi connectivity index (χ3v) is 2.80. The average molecular weight is 252 g/mol. The summed E-state index contributed by atoms with van der Waals surface area (Å²) >= 11 is 5.69. The lowest BCUT2D eigenvalue weighted by atomic mass is 10.4. The maximum atomic E-state index is 5.69. The number of halogens is 1. The summed E-state index contributed by atoms with van der Waals surface area (Å²) in [7, 11) is 3.90. The summed E-state index contributed by atoms with van der Waals surface area (Å²) in [6.45, 7) is 0.670. The third kappa shape index (κ3) is 2.74. The van der Waals surface area contributed by atoms with Crippen molar-refractivity contribution in [3.05, 3.63) is 36.2 Å². The number of aryl methyl sites for hydroxylation is 1. The third-order valence-electron chi connectivity index (χ3n) is 2.49. The molecule has 2 aromatic rings. The highest BCUT2D eigenvalue weighted by Gasteiger charge is 2.07. The van der Waals surface area contributed by atoms with Crippen molar-refractivity contribution < 1.29 is 0 Å². The van der Waals surface area contributed by atoms with Crippen molar-refractivity contribution in [2.45, 2.75) is 12.4 Å². The fourth-order valence-corrected chi connectivity index (χ4v) is 1.58. The van der Waals surface area contributed by atoms with E-state index in [2.05, 4.69) is 15.0 Å². The molecule has 0 bridgehead atoms. The molecular formula is C11H14ClN5. The molecule has 0 aliphatic carbocycles. The fourth-order valence-electron chi connectivity index (χ4n) is 1.45. The van der Waals surface area contributed by atoms with E-state index >= 15 is 0 Å². The molecule has 0 saturated heterocycles. The van der Waals surface area contributed by atoms with Crippen molar-refractivity contribution in [2.24, 2.45) is 7.05 Å². The van der Waals surface area contributed by atoms with Gasteiger partial charge in [-0.2, -0.15) is 0 Å². The van der Waals surface area contributed by atoms with Crippen molar-refractivity contribution in [1.29, 1.82) is 0 Å². The Labute approximate surface area is 105 Å². The first-order chi connectivity index (χ1) is 8.20. The molecule has 0 N–H and O–H groups in total. The van der Waals surface area contributed by atoms with Crippen LogP contribution in [0.2, 0.25) is 0 Å². The monoisotopic (exact) mass is 251 g/mol. The second kappa shape index (κ2) is 5.14. The summed E-state index contributed by atoms with van der Waals surface area (Å²) in [5, 5.41) is 0. The van der Waals surface area contributed by atoms with Gasteiger partial charge in [0.15, 0.2) is 0 Å². The second-order valence-corrected chi connectivity index (χ2v) is 4.10. The van der Waals surface area contributed by atoms with Gasteiger partial charge in [0.1, 0.15) is 5.82 Å². The second-order valence-electron chi connectivity index (χ2n) is 3.84. The Balaban J connectivity index is 2.09. The van der Waals surface area contributed by atoms with Gasteiger partial charge in [-0.25, -0.2) is 15.0 Å². The van der Waals surface area contributed by atoms with Gasteiger partial charge < -0.3 is 9.47 Å². The number of hydrogen-bond donors (Lipinski definition) is 0. The molecule has 0 spiro atoms. The lowest BCUT2D eigenvalue weighted by molar-refractivity contribution is 0.746. The van der Waals surface area contributed by atoms with Gasteiger partial charge in [-0.15, -0.1) is 11.6 Å². The van der Waals surface area contributed by atoms with E-state index in [0.29, 0.717) is 18.4 Å². The molecule has 0 aliphatic rings. The predicted octanol–water partition coefficient (Wildman–Crippen LogP) is 1.59. The van der Waals surface area contributed by atoms with Crippen LogP contribution in [0.3, 0.4) is 0 Å². The Bertz CT molecular complexity index is 479. The standard InChI is InChI=1S/C11H14ClN5/c1-16-4-3-13-10(16)8-17(2)11-14-6-9(5-12)7-15-11/h3-4,6-7H,5,8H2,1-2H3. The van der Waals surface area contributed by atoms with E-state index in [1.807, 2.05) is 29.8 Å². The summed E-state index contributed by atoms with van der Waals surface area (Å²) in [5.41, 5.74) is 0.917. The smallest absolute Gasteiger partial charge is 0.225 e. The van der Waals surface area contributed by atoms with Gasteiger partial charge in [-0.05, 0) is 0 Å². The van der Waals surface area contributed by atoms with Crippen LogP contribution in [0.4, 0.5) is 5.95 Å². The van der Waals surface area contributed by atoms with E-state index in [0.717, 1.165) is 11.4 Å². The summed E-state index contributed by atoms with van der Waals surface area (Å²) < 4.78 is 1.98. The predicted molar refractivity (Wildman–Crippen MR) is 66.9 cm³/mol. The topological polar surface area (TPSA) is 46.8 Å². The maximum absolute atomic E-state index is 5.69. The Morgan fingerprint density at radius 1 is 1.29 bits per heavy atom. The van der Waals surface area contributed by atoms with E-state index in [1.165, 1.54) is 0 Å². The fraction of sp³-hybridized carbons (Fsp3) is 0.364. The molecule has 0 aliphatic heterocycles. The first-order valence-corrected chi connectivity index (χ1v) is 5.78. The number of hydrogen-bond acceptors (Lipinski definition) is 4.